The van der Waals surface area contributed by atoms with Crippen molar-refractivity contribution >= 4 is 0 Å². The highest BCUT2D eigenvalue weighted by Gasteiger charge is 2.33. The van der Waals surface area contributed by atoms with Crippen LogP contribution in [0.4, 0.5) is 8.78 Å². The average molecular weight is 275 g/mol. The van der Waals surface area contributed by atoms with Gasteiger partial charge in [0.15, 0.2) is 11.6 Å². The van der Waals surface area contributed by atoms with Crippen molar-refractivity contribution in [3.05, 3.63) is 65.2 Å². The van der Waals surface area contributed by atoms with Crippen molar-refractivity contribution in [3.63, 3.8) is 0 Å². The van der Waals surface area contributed by atoms with Gasteiger partial charge >= 0.3 is 0 Å². The van der Waals surface area contributed by atoms with Crippen molar-refractivity contribution < 1.29 is 13.5 Å². The summed E-state index contributed by atoms with van der Waals surface area (Å²) in [6.45, 7) is 0.459. The van der Waals surface area contributed by atoms with E-state index >= 15 is 0 Å². The first-order valence-corrected chi connectivity index (χ1v) is 6.55. The van der Waals surface area contributed by atoms with Crippen molar-refractivity contribution in [2.75, 3.05) is 13.7 Å². The van der Waals surface area contributed by atoms with Gasteiger partial charge in [0.25, 0.3) is 0 Å². The molecule has 0 spiro atoms. The van der Waals surface area contributed by atoms with Crippen LogP contribution in [0.15, 0.2) is 42.5 Å². The number of hydrogen-bond donors (Lipinski definition) is 1. The first-order chi connectivity index (χ1) is 9.72. The molecule has 4 heteroatoms. The summed E-state index contributed by atoms with van der Waals surface area (Å²) >= 11 is 0. The van der Waals surface area contributed by atoms with Crippen LogP contribution in [0.25, 0.3) is 0 Å². The van der Waals surface area contributed by atoms with Gasteiger partial charge in [0, 0.05) is 23.1 Å². The lowest BCUT2D eigenvalue weighted by atomic mass is 9.88. The fourth-order valence-electron chi connectivity index (χ4n) is 2.80. The third-order valence-corrected chi connectivity index (χ3v) is 3.77. The Morgan fingerprint density at radius 1 is 1.15 bits per heavy atom. The van der Waals surface area contributed by atoms with Crippen LogP contribution < -0.4 is 10.1 Å². The molecule has 0 radical (unpaired) electrons. The monoisotopic (exact) mass is 275 g/mol. The first-order valence-electron chi connectivity index (χ1n) is 6.55. The quantitative estimate of drug-likeness (QED) is 0.927. The van der Waals surface area contributed by atoms with Gasteiger partial charge in [0.1, 0.15) is 5.75 Å². The highest BCUT2D eigenvalue weighted by Crippen LogP contribution is 2.41. The molecule has 2 aromatic rings. The number of ether oxygens (including phenoxy) is 1. The second-order valence-electron chi connectivity index (χ2n) is 4.86. The van der Waals surface area contributed by atoms with Crippen LogP contribution in [0.1, 0.15) is 23.1 Å². The van der Waals surface area contributed by atoms with E-state index in [4.69, 9.17) is 4.74 Å². The molecule has 0 aliphatic carbocycles. The van der Waals surface area contributed by atoms with Crippen molar-refractivity contribution in [1.29, 1.82) is 0 Å². The maximum Gasteiger partial charge on any atom is 0.163 e. The Hall–Kier alpha value is -1.94. The molecule has 0 fully saturated rings. The molecule has 0 aromatic heterocycles. The summed E-state index contributed by atoms with van der Waals surface area (Å²) < 4.78 is 33.1. The number of halogens is 2. The van der Waals surface area contributed by atoms with E-state index in [2.05, 4.69) is 5.32 Å². The molecule has 0 bridgehead atoms. The van der Waals surface area contributed by atoms with Gasteiger partial charge in [-0.15, -0.1) is 0 Å². The van der Waals surface area contributed by atoms with Crippen LogP contribution >= 0.6 is 0 Å². The topological polar surface area (TPSA) is 21.3 Å². The second kappa shape index (κ2) is 5.21. The van der Waals surface area contributed by atoms with E-state index in [1.165, 1.54) is 6.07 Å². The Labute approximate surface area is 116 Å². The van der Waals surface area contributed by atoms with E-state index in [-0.39, 0.29) is 12.0 Å². The maximum absolute atomic E-state index is 14.0. The smallest absolute Gasteiger partial charge is 0.163 e. The molecule has 0 saturated heterocycles. The zero-order valence-electron chi connectivity index (χ0n) is 11.1. The van der Waals surface area contributed by atoms with Crippen LogP contribution in [0.3, 0.4) is 0 Å². The van der Waals surface area contributed by atoms with Gasteiger partial charge in [0.2, 0.25) is 0 Å². The van der Waals surface area contributed by atoms with E-state index in [1.807, 2.05) is 24.3 Å². The molecule has 1 heterocycles. The van der Waals surface area contributed by atoms with Gasteiger partial charge in [-0.3, -0.25) is 0 Å². The Bertz CT molecular complexity index is 630. The Morgan fingerprint density at radius 2 is 1.95 bits per heavy atom. The molecule has 1 aliphatic rings. The molecule has 2 aromatic carbocycles. The second-order valence-corrected chi connectivity index (χ2v) is 4.86. The third kappa shape index (κ3) is 2.06. The number of hydrogen-bond acceptors (Lipinski definition) is 2. The predicted octanol–water partition coefficient (Wildman–Crippen LogP) is 3.40. The summed E-state index contributed by atoms with van der Waals surface area (Å²) in [5.74, 6) is -0.840. The minimum atomic E-state index is -0.824. The molecule has 3 rings (SSSR count). The highest BCUT2D eigenvalue weighted by atomic mass is 19.2. The van der Waals surface area contributed by atoms with Crippen LogP contribution in [-0.2, 0) is 0 Å². The zero-order valence-corrected chi connectivity index (χ0v) is 11.1. The van der Waals surface area contributed by atoms with E-state index in [0.29, 0.717) is 12.2 Å². The standard InChI is InChI=1S/C16H15F2NO/c1-19-16(11-6-4-7-13(17)15(11)18)12-9-20-14-8-3-2-5-10(12)14/h2-8,12,16,19H,9H2,1H3. The van der Waals surface area contributed by atoms with E-state index in [1.54, 1.807) is 13.1 Å². The summed E-state index contributed by atoms with van der Waals surface area (Å²) in [7, 11) is 1.75. The number of benzene rings is 2. The normalized spacial score (nSPS) is 18.4. The Balaban J connectivity index is 2.02. The average Bonchev–Trinajstić information content (AvgIpc) is 2.88. The number of fused-ring (bicyclic) bond motifs is 1. The summed E-state index contributed by atoms with van der Waals surface area (Å²) in [5, 5.41) is 3.08. The molecule has 1 N–H and O–H groups in total. The summed E-state index contributed by atoms with van der Waals surface area (Å²) in [6, 6.07) is 11.6. The fourth-order valence-corrected chi connectivity index (χ4v) is 2.80. The van der Waals surface area contributed by atoms with Crippen molar-refractivity contribution in [2.45, 2.75) is 12.0 Å². The van der Waals surface area contributed by atoms with E-state index in [0.717, 1.165) is 17.4 Å². The Kier molecular flexibility index (Phi) is 3.40. The van der Waals surface area contributed by atoms with Gasteiger partial charge in [-0.25, -0.2) is 8.78 Å². The van der Waals surface area contributed by atoms with Crippen LogP contribution in [0.5, 0.6) is 5.75 Å². The molecule has 2 atom stereocenters. The van der Waals surface area contributed by atoms with Gasteiger partial charge in [-0.1, -0.05) is 30.3 Å². The van der Waals surface area contributed by atoms with Crippen LogP contribution in [-0.4, -0.2) is 13.7 Å². The molecular weight excluding hydrogens is 260 g/mol. The number of rotatable bonds is 3. The van der Waals surface area contributed by atoms with E-state index in [9.17, 15) is 8.78 Å². The summed E-state index contributed by atoms with van der Waals surface area (Å²) in [6.07, 6.45) is 0. The molecule has 0 amide bonds. The maximum atomic E-state index is 14.0. The zero-order chi connectivity index (χ0) is 14.1. The predicted molar refractivity (Wildman–Crippen MR) is 72.8 cm³/mol. The fraction of sp³-hybridized carbons (Fsp3) is 0.250. The van der Waals surface area contributed by atoms with Gasteiger partial charge in [0.05, 0.1) is 6.61 Å². The Morgan fingerprint density at radius 3 is 2.75 bits per heavy atom. The molecule has 0 saturated carbocycles. The molecule has 2 nitrogen and oxygen atoms in total. The first kappa shape index (κ1) is 13.1. The van der Waals surface area contributed by atoms with Gasteiger partial charge in [-0.05, 0) is 19.2 Å². The minimum Gasteiger partial charge on any atom is -0.493 e. The minimum absolute atomic E-state index is 0.0347. The van der Waals surface area contributed by atoms with Crippen molar-refractivity contribution in [3.8, 4) is 5.75 Å². The van der Waals surface area contributed by atoms with Gasteiger partial charge < -0.3 is 10.1 Å². The lowest BCUT2D eigenvalue weighted by molar-refractivity contribution is 0.301. The van der Waals surface area contributed by atoms with Crippen molar-refractivity contribution in [2.24, 2.45) is 0 Å². The summed E-state index contributed by atoms with van der Waals surface area (Å²) in [4.78, 5) is 0. The summed E-state index contributed by atoms with van der Waals surface area (Å²) in [5.41, 5.74) is 1.35. The van der Waals surface area contributed by atoms with E-state index < -0.39 is 11.6 Å². The van der Waals surface area contributed by atoms with Crippen LogP contribution in [0.2, 0.25) is 0 Å². The molecule has 2 unspecified atom stereocenters. The SMILES string of the molecule is CNC(c1cccc(F)c1F)C1COc2ccccc21. The highest BCUT2D eigenvalue weighted by molar-refractivity contribution is 5.42. The third-order valence-electron chi connectivity index (χ3n) is 3.77. The largest absolute Gasteiger partial charge is 0.493 e. The lowest BCUT2D eigenvalue weighted by Gasteiger charge is -2.23. The van der Waals surface area contributed by atoms with Gasteiger partial charge in [-0.2, -0.15) is 0 Å². The molecule has 104 valence electrons. The molecule has 20 heavy (non-hydrogen) atoms. The number of likely N-dealkylation sites (N-methyl/N-ethyl adjacent to an activating group) is 1. The number of para-hydroxylation sites is 1. The van der Waals surface area contributed by atoms with Crippen molar-refractivity contribution in [1.82, 2.24) is 5.32 Å². The molecule has 1 aliphatic heterocycles. The molecular formula is C16H15F2NO. The van der Waals surface area contributed by atoms with Crippen LogP contribution in [0, 0.1) is 11.6 Å². The lowest BCUT2D eigenvalue weighted by Crippen LogP contribution is -2.26. The number of nitrogens with one attached hydrogen (secondary N) is 1.